The molecule has 1 N–H and O–H groups in total. The van der Waals surface area contributed by atoms with E-state index in [1.165, 1.54) is 42.5 Å². The van der Waals surface area contributed by atoms with Gasteiger partial charge in [0.1, 0.15) is 0 Å². The van der Waals surface area contributed by atoms with Crippen LogP contribution in [-0.2, 0) is 17.6 Å². The minimum atomic E-state index is -0.406. The fraction of sp³-hybridized carbons (Fsp3) is 0.244. The summed E-state index contributed by atoms with van der Waals surface area (Å²) in [5.74, 6) is 0.101. The van der Waals surface area contributed by atoms with Crippen molar-refractivity contribution < 1.29 is 14.3 Å². The average Bonchev–Trinajstić information content (AvgIpc) is 3.78. The van der Waals surface area contributed by atoms with E-state index in [0.717, 1.165) is 71.9 Å². The maximum absolute atomic E-state index is 13.1. The lowest BCUT2D eigenvalue weighted by Gasteiger charge is -2.29. The molecule has 6 heteroatoms. The summed E-state index contributed by atoms with van der Waals surface area (Å²) in [6.45, 7) is 3.93. The summed E-state index contributed by atoms with van der Waals surface area (Å²) in [6, 6.07) is 44.0. The number of halogens is 1. The largest absolute Gasteiger partial charge is 0.385 e. The Morgan fingerprint density at radius 1 is 0.588 bits per heavy atom. The Balaban J connectivity index is 0.000000147. The first-order valence-electron chi connectivity index (χ1n) is 17.5. The second-order valence-electron chi connectivity index (χ2n) is 12.5. The molecule has 1 fully saturated rings. The zero-order valence-corrected chi connectivity index (χ0v) is 29.1. The minimum absolute atomic E-state index is 0. The lowest BCUT2D eigenvalue weighted by Crippen LogP contribution is -2.35. The van der Waals surface area contributed by atoms with Gasteiger partial charge in [0, 0.05) is 48.8 Å². The Hall–Kier alpha value is -4.97. The predicted molar refractivity (Wildman–Crippen MR) is 215 cm³/mol. The van der Waals surface area contributed by atoms with Crippen LogP contribution in [0.2, 0.25) is 0 Å². The van der Waals surface area contributed by atoms with E-state index in [4.69, 9.17) is 16.3 Å². The first-order valence-corrected chi connectivity index (χ1v) is 17.9. The van der Waals surface area contributed by atoms with Crippen LogP contribution in [-0.4, -0.2) is 37.5 Å². The fourth-order valence-electron chi connectivity index (χ4n) is 6.62. The van der Waals surface area contributed by atoms with Gasteiger partial charge in [-0.1, -0.05) is 117 Å². The molecule has 0 aliphatic carbocycles. The van der Waals surface area contributed by atoms with Crippen molar-refractivity contribution in [3.05, 3.63) is 156 Å². The first-order chi connectivity index (χ1) is 24.6. The van der Waals surface area contributed by atoms with Gasteiger partial charge in [0.05, 0.1) is 0 Å². The van der Waals surface area contributed by atoms with Crippen molar-refractivity contribution >= 4 is 55.7 Å². The molecule has 0 unspecified atom stereocenters. The molecule has 262 valence electrons. The second-order valence-corrected chi connectivity index (χ2v) is 12.9. The van der Waals surface area contributed by atoms with Gasteiger partial charge in [-0.15, -0.1) is 0 Å². The number of para-hydroxylation sites is 2. The molecule has 0 spiro atoms. The normalized spacial score (nSPS) is 14.0. The molecule has 3 aliphatic heterocycles. The summed E-state index contributed by atoms with van der Waals surface area (Å²) in [6.07, 6.45) is 7.14. The van der Waals surface area contributed by atoms with Crippen molar-refractivity contribution in [3.63, 3.8) is 0 Å². The number of carbonyl (C=O) groups is 2. The van der Waals surface area contributed by atoms with E-state index in [2.05, 4.69) is 53.8 Å². The molecule has 51 heavy (non-hydrogen) atoms. The van der Waals surface area contributed by atoms with E-state index in [0.29, 0.717) is 5.56 Å². The van der Waals surface area contributed by atoms with E-state index in [-0.39, 0.29) is 13.3 Å². The number of benzene rings is 6. The molecule has 0 saturated carbocycles. The molecule has 0 bridgehead atoms. The van der Waals surface area contributed by atoms with Crippen LogP contribution in [0, 0.1) is 0 Å². The summed E-state index contributed by atoms with van der Waals surface area (Å²) in [4.78, 5) is 26.1. The molecule has 3 heterocycles. The lowest BCUT2D eigenvalue weighted by atomic mass is 9.99. The SMILES string of the molecule is C.C1CCOC1.O=C(Cl)c1cccc2ccccc12.O=C(c1cccc2ccccc12)N1CCCc2ccccc21.c1ccc2c(c1)CCCN2. The van der Waals surface area contributed by atoms with Crippen LogP contribution >= 0.6 is 11.6 Å². The van der Waals surface area contributed by atoms with Crippen LogP contribution in [0.25, 0.3) is 21.5 Å². The average molecular weight is 699 g/mol. The third-order valence-electron chi connectivity index (χ3n) is 9.16. The monoisotopic (exact) mass is 698 g/mol. The highest BCUT2D eigenvalue weighted by Gasteiger charge is 2.24. The summed E-state index contributed by atoms with van der Waals surface area (Å²) in [5.41, 5.74) is 6.48. The van der Waals surface area contributed by atoms with Gasteiger partial charge < -0.3 is 15.0 Å². The van der Waals surface area contributed by atoms with Crippen LogP contribution in [0.1, 0.15) is 65.0 Å². The smallest absolute Gasteiger partial charge is 0.258 e. The van der Waals surface area contributed by atoms with Crippen molar-refractivity contribution in [2.75, 3.05) is 36.5 Å². The number of hydrogen-bond donors (Lipinski definition) is 1. The number of fused-ring (bicyclic) bond motifs is 4. The van der Waals surface area contributed by atoms with Crippen molar-refractivity contribution in [3.8, 4) is 0 Å². The Morgan fingerprint density at radius 3 is 1.78 bits per heavy atom. The van der Waals surface area contributed by atoms with Crippen LogP contribution in [0.3, 0.4) is 0 Å². The van der Waals surface area contributed by atoms with Gasteiger partial charge >= 0.3 is 0 Å². The van der Waals surface area contributed by atoms with E-state index >= 15 is 0 Å². The number of aryl methyl sites for hydroxylation is 2. The molecule has 5 nitrogen and oxygen atoms in total. The van der Waals surface area contributed by atoms with Crippen molar-refractivity contribution in [2.45, 2.75) is 46.0 Å². The van der Waals surface area contributed by atoms with Gasteiger partial charge in [-0.3, -0.25) is 9.59 Å². The Labute approximate surface area is 307 Å². The van der Waals surface area contributed by atoms with E-state index in [9.17, 15) is 9.59 Å². The quantitative estimate of drug-likeness (QED) is 0.183. The fourth-order valence-corrected chi connectivity index (χ4v) is 6.79. The van der Waals surface area contributed by atoms with Gasteiger partial charge in [0.15, 0.2) is 0 Å². The number of carbonyl (C=O) groups excluding carboxylic acids is 2. The highest BCUT2D eigenvalue weighted by molar-refractivity contribution is 6.68. The summed E-state index contributed by atoms with van der Waals surface area (Å²) in [5, 5.41) is 7.04. The molecule has 6 aromatic carbocycles. The maximum Gasteiger partial charge on any atom is 0.258 e. The molecular formula is C45H47ClN2O3. The van der Waals surface area contributed by atoms with E-state index < -0.39 is 5.24 Å². The Morgan fingerprint density at radius 2 is 1.14 bits per heavy atom. The number of amides is 1. The highest BCUT2D eigenvalue weighted by Crippen LogP contribution is 2.30. The third-order valence-corrected chi connectivity index (χ3v) is 9.36. The van der Waals surface area contributed by atoms with Crippen molar-refractivity contribution in [1.29, 1.82) is 0 Å². The number of ether oxygens (including phenoxy) is 1. The molecular weight excluding hydrogens is 652 g/mol. The zero-order chi connectivity index (χ0) is 34.5. The maximum atomic E-state index is 13.1. The zero-order valence-electron chi connectivity index (χ0n) is 28.3. The van der Waals surface area contributed by atoms with Gasteiger partial charge in [0.2, 0.25) is 0 Å². The second kappa shape index (κ2) is 18.9. The lowest BCUT2D eigenvalue weighted by molar-refractivity contribution is 0.0986. The van der Waals surface area contributed by atoms with Crippen molar-refractivity contribution in [2.24, 2.45) is 0 Å². The first kappa shape index (κ1) is 37.3. The topological polar surface area (TPSA) is 58.6 Å². The number of nitrogens with one attached hydrogen (secondary N) is 1. The van der Waals surface area contributed by atoms with E-state index in [1.807, 2.05) is 83.8 Å². The molecule has 1 saturated heterocycles. The Bertz CT molecular complexity index is 2010. The summed E-state index contributed by atoms with van der Waals surface area (Å²) >= 11 is 5.44. The third kappa shape index (κ3) is 9.63. The molecule has 9 rings (SSSR count). The molecule has 0 atom stereocenters. The number of nitrogens with zero attached hydrogens (tertiary/aromatic N) is 1. The highest BCUT2D eigenvalue weighted by atomic mass is 35.5. The molecule has 6 aromatic rings. The summed E-state index contributed by atoms with van der Waals surface area (Å²) < 4.78 is 4.94. The number of hydrogen-bond acceptors (Lipinski definition) is 4. The standard InChI is InChI=1S/C20H17NO.C11H7ClO.C9H11N.C4H8O.CH4/c22-20(18-12-5-9-15-7-1-3-11-17(15)18)21-14-6-10-16-8-2-4-13-19(16)21;12-11(13)10-7-3-5-8-4-1-2-6-9(8)10;1-2-6-9-8(4-1)5-3-7-10-9;1-2-4-5-3-1;/h1-5,7-9,11-13H,6,10,14H2;1-7H;1-2,4,6,10H,3,5,7H2;1-4H2;1H4. The van der Waals surface area contributed by atoms with Crippen LogP contribution in [0.5, 0.6) is 0 Å². The molecule has 0 aromatic heterocycles. The Kier molecular flexibility index (Phi) is 13.8. The predicted octanol–water partition coefficient (Wildman–Crippen LogP) is 11.1. The molecule has 3 aliphatic rings. The van der Waals surface area contributed by atoms with Gasteiger partial charge in [-0.2, -0.15) is 0 Å². The van der Waals surface area contributed by atoms with Gasteiger partial charge in [-0.05, 0) is 107 Å². The van der Waals surface area contributed by atoms with Gasteiger partial charge in [0.25, 0.3) is 11.1 Å². The van der Waals surface area contributed by atoms with Crippen LogP contribution in [0.4, 0.5) is 11.4 Å². The molecule has 1 amide bonds. The number of anilines is 2. The van der Waals surface area contributed by atoms with Gasteiger partial charge in [-0.25, -0.2) is 0 Å². The summed E-state index contributed by atoms with van der Waals surface area (Å²) in [7, 11) is 0. The minimum Gasteiger partial charge on any atom is -0.385 e. The van der Waals surface area contributed by atoms with Crippen LogP contribution < -0.4 is 10.2 Å². The number of rotatable bonds is 2. The molecule has 0 radical (unpaired) electrons. The van der Waals surface area contributed by atoms with E-state index in [1.54, 1.807) is 6.07 Å². The van der Waals surface area contributed by atoms with Crippen LogP contribution in [0.15, 0.2) is 133 Å². The van der Waals surface area contributed by atoms with Crippen molar-refractivity contribution in [1.82, 2.24) is 0 Å².